The van der Waals surface area contributed by atoms with Crippen molar-refractivity contribution >= 4 is 33.6 Å². The predicted octanol–water partition coefficient (Wildman–Crippen LogP) is 3.35. The van der Waals surface area contributed by atoms with Crippen molar-refractivity contribution in [3.63, 3.8) is 0 Å². The van der Waals surface area contributed by atoms with E-state index in [1.165, 1.54) is 0 Å². The third kappa shape index (κ3) is 5.30. The lowest BCUT2D eigenvalue weighted by Crippen LogP contribution is -2.43. The fraction of sp³-hybridized carbons (Fsp3) is 0.385. The summed E-state index contributed by atoms with van der Waals surface area (Å²) >= 11 is 2.92. The molecule has 1 atom stereocenters. The molecule has 1 aromatic carbocycles. The molecule has 116 valence electrons. The number of halogens is 3. The molecule has 0 fully saturated rings. The van der Waals surface area contributed by atoms with E-state index in [-0.39, 0.29) is 22.5 Å². The standard InChI is InChI=1S/C13H15BrF2N2O3/c1-6(2)3-10(12(19)20)17-13(21)18-11-8(14)4-7(15)5-9(11)16/h4-6,10H,3H2,1-2H3,(H,19,20)(H2,17,18,21). The molecule has 0 saturated heterocycles. The number of nitrogens with one attached hydrogen (secondary N) is 2. The summed E-state index contributed by atoms with van der Waals surface area (Å²) in [5.41, 5.74) is -0.261. The molecule has 0 aliphatic rings. The van der Waals surface area contributed by atoms with E-state index in [9.17, 15) is 18.4 Å². The van der Waals surface area contributed by atoms with Gasteiger partial charge in [0.05, 0.1) is 5.69 Å². The second-order valence-corrected chi connectivity index (χ2v) is 5.72. The maximum atomic E-state index is 13.5. The summed E-state index contributed by atoms with van der Waals surface area (Å²) in [5, 5.41) is 13.4. The van der Waals surface area contributed by atoms with Crippen LogP contribution < -0.4 is 10.6 Å². The first kappa shape index (κ1) is 17.4. The van der Waals surface area contributed by atoms with Crippen LogP contribution in [0.3, 0.4) is 0 Å². The number of carboxylic acids is 1. The molecule has 0 saturated carbocycles. The van der Waals surface area contributed by atoms with Crippen LogP contribution in [0.25, 0.3) is 0 Å². The van der Waals surface area contributed by atoms with Gasteiger partial charge in [0, 0.05) is 10.5 Å². The van der Waals surface area contributed by atoms with Gasteiger partial charge < -0.3 is 15.7 Å². The van der Waals surface area contributed by atoms with E-state index in [1.807, 2.05) is 13.8 Å². The van der Waals surface area contributed by atoms with E-state index in [0.29, 0.717) is 6.07 Å². The molecule has 5 nitrogen and oxygen atoms in total. The van der Waals surface area contributed by atoms with Crippen molar-refractivity contribution in [3.8, 4) is 0 Å². The van der Waals surface area contributed by atoms with E-state index >= 15 is 0 Å². The largest absolute Gasteiger partial charge is 0.480 e. The highest BCUT2D eigenvalue weighted by molar-refractivity contribution is 9.10. The summed E-state index contributed by atoms with van der Waals surface area (Å²) in [6, 6.07) is -0.369. The number of anilines is 1. The number of carbonyl (C=O) groups excluding carboxylic acids is 1. The first-order valence-corrected chi connectivity index (χ1v) is 6.95. The molecule has 3 N–H and O–H groups in total. The van der Waals surface area contributed by atoms with Crippen molar-refractivity contribution < 1.29 is 23.5 Å². The van der Waals surface area contributed by atoms with E-state index < -0.39 is 29.7 Å². The van der Waals surface area contributed by atoms with E-state index in [1.54, 1.807) is 0 Å². The predicted molar refractivity (Wildman–Crippen MR) is 77.1 cm³/mol. The zero-order valence-corrected chi connectivity index (χ0v) is 13.0. The van der Waals surface area contributed by atoms with Gasteiger partial charge >= 0.3 is 12.0 Å². The number of aliphatic carboxylic acids is 1. The van der Waals surface area contributed by atoms with E-state index in [0.717, 1.165) is 6.07 Å². The highest BCUT2D eigenvalue weighted by atomic mass is 79.9. The van der Waals surface area contributed by atoms with E-state index in [4.69, 9.17) is 5.11 Å². The van der Waals surface area contributed by atoms with Crippen LogP contribution in [-0.4, -0.2) is 23.1 Å². The second kappa shape index (κ2) is 7.35. The smallest absolute Gasteiger partial charge is 0.326 e. The fourth-order valence-electron chi connectivity index (χ4n) is 1.66. The zero-order valence-electron chi connectivity index (χ0n) is 11.4. The summed E-state index contributed by atoms with van der Waals surface area (Å²) in [6.07, 6.45) is 0.232. The molecule has 1 aromatic rings. The van der Waals surface area contributed by atoms with Gasteiger partial charge in [0.2, 0.25) is 0 Å². The van der Waals surface area contributed by atoms with Crippen LogP contribution in [0.5, 0.6) is 0 Å². The van der Waals surface area contributed by atoms with Gasteiger partial charge in [-0.25, -0.2) is 18.4 Å². The van der Waals surface area contributed by atoms with Gasteiger partial charge in [-0.2, -0.15) is 0 Å². The summed E-state index contributed by atoms with van der Waals surface area (Å²) in [5.74, 6) is -2.89. The molecule has 1 rings (SSSR count). The minimum absolute atomic E-state index is 0.0193. The Kier molecular flexibility index (Phi) is 6.07. The van der Waals surface area contributed by atoms with Crippen LogP contribution in [-0.2, 0) is 4.79 Å². The number of carbonyl (C=O) groups is 2. The van der Waals surface area contributed by atoms with Gasteiger partial charge in [-0.15, -0.1) is 0 Å². The number of amides is 2. The van der Waals surface area contributed by atoms with Crippen LogP contribution in [0.4, 0.5) is 19.3 Å². The minimum atomic E-state index is -1.18. The first-order chi connectivity index (χ1) is 9.70. The molecule has 1 unspecified atom stereocenters. The monoisotopic (exact) mass is 364 g/mol. The summed E-state index contributed by atoms with van der Waals surface area (Å²) in [7, 11) is 0. The van der Waals surface area contributed by atoms with Gasteiger partial charge in [0.25, 0.3) is 0 Å². The van der Waals surface area contributed by atoms with Gasteiger partial charge in [0.15, 0.2) is 5.82 Å². The Morgan fingerprint density at radius 2 is 1.95 bits per heavy atom. The number of benzene rings is 1. The third-order valence-electron chi connectivity index (χ3n) is 2.56. The highest BCUT2D eigenvalue weighted by Gasteiger charge is 2.22. The van der Waals surface area contributed by atoms with Crippen LogP contribution in [0.15, 0.2) is 16.6 Å². The SMILES string of the molecule is CC(C)CC(NC(=O)Nc1c(F)cc(F)cc1Br)C(=O)O. The maximum Gasteiger partial charge on any atom is 0.326 e. The normalized spacial score (nSPS) is 12.1. The Morgan fingerprint density at radius 1 is 1.33 bits per heavy atom. The van der Waals surface area contributed by atoms with Crippen molar-refractivity contribution in [2.75, 3.05) is 5.32 Å². The molecule has 0 spiro atoms. The number of hydrogen-bond donors (Lipinski definition) is 3. The van der Waals surface area contributed by atoms with Crippen LogP contribution in [0.2, 0.25) is 0 Å². The van der Waals surface area contributed by atoms with Crippen LogP contribution in [0, 0.1) is 17.6 Å². The van der Waals surface area contributed by atoms with Crippen molar-refractivity contribution in [2.45, 2.75) is 26.3 Å². The average molecular weight is 365 g/mol. The molecular formula is C13H15BrF2N2O3. The number of hydrogen-bond acceptors (Lipinski definition) is 2. The number of carboxylic acid groups (broad SMARTS) is 1. The third-order valence-corrected chi connectivity index (χ3v) is 3.18. The molecular weight excluding hydrogens is 350 g/mol. The molecule has 0 radical (unpaired) electrons. The molecule has 0 bridgehead atoms. The van der Waals surface area contributed by atoms with Crippen molar-refractivity contribution in [1.82, 2.24) is 5.32 Å². The summed E-state index contributed by atoms with van der Waals surface area (Å²) in [6.45, 7) is 3.62. The Bertz CT molecular complexity index is 529. The maximum absolute atomic E-state index is 13.5. The lowest BCUT2D eigenvalue weighted by atomic mass is 10.0. The number of rotatable bonds is 5. The molecule has 0 aromatic heterocycles. The van der Waals surface area contributed by atoms with Gasteiger partial charge in [0.1, 0.15) is 11.9 Å². The Morgan fingerprint density at radius 3 is 2.43 bits per heavy atom. The first-order valence-electron chi connectivity index (χ1n) is 6.15. The molecule has 0 aliphatic carbocycles. The lowest BCUT2D eigenvalue weighted by molar-refractivity contribution is -0.139. The van der Waals surface area contributed by atoms with Gasteiger partial charge in [-0.1, -0.05) is 13.8 Å². The van der Waals surface area contributed by atoms with E-state index in [2.05, 4.69) is 26.6 Å². The molecule has 8 heteroatoms. The van der Waals surface area contributed by atoms with Crippen LogP contribution >= 0.6 is 15.9 Å². The lowest BCUT2D eigenvalue weighted by Gasteiger charge is -2.17. The minimum Gasteiger partial charge on any atom is -0.480 e. The van der Waals surface area contributed by atoms with Crippen molar-refractivity contribution in [1.29, 1.82) is 0 Å². The highest BCUT2D eigenvalue weighted by Crippen LogP contribution is 2.26. The molecule has 0 aliphatic heterocycles. The van der Waals surface area contributed by atoms with Crippen LogP contribution in [0.1, 0.15) is 20.3 Å². The second-order valence-electron chi connectivity index (χ2n) is 4.86. The Balaban J connectivity index is 2.79. The summed E-state index contributed by atoms with van der Waals surface area (Å²) in [4.78, 5) is 22.8. The average Bonchev–Trinajstić information content (AvgIpc) is 2.32. The zero-order chi connectivity index (χ0) is 16.2. The quantitative estimate of drug-likeness (QED) is 0.749. The molecule has 2 amide bonds. The van der Waals surface area contributed by atoms with Crippen molar-refractivity contribution in [3.05, 3.63) is 28.2 Å². The number of urea groups is 1. The Labute approximate surface area is 128 Å². The topological polar surface area (TPSA) is 78.4 Å². The summed E-state index contributed by atoms with van der Waals surface area (Å²) < 4.78 is 26.5. The molecule has 0 heterocycles. The van der Waals surface area contributed by atoms with Crippen molar-refractivity contribution in [2.24, 2.45) is 5.92 Å². The van der Waals surface area contributed by atoms with Gasteiger partial charge in [-0.05, 0) is 34.3 Å². The fourth-order valence-corrected chi connectivity index (χ4v) is 2.17. The molecule has 21 heavy (non-hydrogen) atoms. The Hall–Kier alpha value is -1.70. The van der Waals surface area contributed by atoms with Gasteiger partial charge in [-0.3, -0.25) is 0 Å².